The van der Waals surface area contributed by atoms with Crippen LogP contribution in [-0.2, 0) is 0 Å². The molecule has 0 saturated carbocycles. The molecule has 0 bridgehead atoms. The van der Waals surface area contributed by atoms with Gasteiger partial charge < -0.3 is 5.32 Å². The fraction of sp³-hybridized carbons (Fsp3) is 0.429. The van der Waals surface area contributed by atoms with Crippen LogP contribution >= 0.6 is 15.9 Å². The molecule has 0 aliphatic heterocycles. The van der Waals surface area contributed by atoms with E-state index in [2.05, 4.69) is 59.9 Å². The predicted octanol–water partition coefficient (Wildman–Crippen LogP) is 4.37. The van der Waals surface area contributed by atoms with Crippen LogP contribution in [0, 0.1) is 6.92 Å². The summed E-state index contributed by atoms with van der Waals surface area (Å²) in [6.07, 6.45) is 4.08. The first kappa shape index (κ1) is 13.5. The van der Waals surface area contributed by atoms with E-state index in [0.717, 1.165) is 19.4 Å². The molecule has 0 amide bonds. The van der Waals surface area contributed by atoms with E-state index in [0.29, 0.717) is 6.04 Å². The molecule has 0 aliphatic carbocycles. The van der Waals surface area contributed by atoms with Crippen molar-refractivity contribution in [1.29, 1.82) is 0 Å². The van der Waals surface area contributed by atoms with Crippen LogP contribution in [0.3, 0.4) is 0 Å². The lowest BCUT2D eigenvalue weighted by Gasteiger charge is -2.19. The third-order valence-electron chi connectivity index (χ3n) is 2.57. The van der Waals surface area contributed by atoms with E-state index in [9.17, 15) is 0 Å². The molecule has 0 saturated heterocycles. The van der Waals surface area contributed by atoms with E-state index in [4.69, 9.17) is 0 Å². The molecular weight excluding hydrogens is 262 g/mol. The number of benzene rings is 1. The van der Waals surface area contributed by atoms with Gasteiger partial charge in [0.25, 0.3) is 0 Å². The van der Waals surface area contributed by atoms with E-state index < -0.39 is 0 Å². The Labute approximate surface area is 107 Å². The van der Waals surface area contributed by atoms with E-state index in [-0.39, 0.29) is 0 Å². The third kappa shape index (κ3) is 3.76. The van der Waals surface area contributed by atoms with Crippen molar-refractivity contribution in [2.75, 3.05) is 6.54 Å². The van der Waals surface area contributed by atoms with Gasteiger partial charge in [-0.05, 0) is 37.9 Å². The second kappa shape index (κ2) is 6.87. The monoisotopic (exact) mass is 281 g/mol. The number of aryl methyl sites for hydroxylation is 1. The standard InChI is InChI=1S/C14H20BrN/c1-4-6-14(16-9-5-2)12-10-11(3)7-8-13(12)15/h4,7-8,10,14,16H,1,5-6,9H2,2-3H3. The molecule has 0 aromatic heterocycles. The van der Waals surface area contributed by atoms with Crippen molar-refractivity contribution in [2.24, 2.45) is 0 Å². The topological polar surface area (TPSA) is 12.0 Å². The summed E-state index contributed by atoms with van der Waals surface area (Å²) in [4.78, 5) is 0. The van der Waals surface area contributed by atoms with Crippen LogP contribution in [0.2, 0.25) is 0 Å². The summed E-state index contributed by atoms with van der Waals surface area (Å²) in [6.45, 7) is 9.18. The second-order valence-electron chi connectivity index (χ2n) is 4.06. The molecule has 1 N–H and O–H groups in total. The number of nitrogens with one attached hydrogen (secondary N) is 1. The van der Waals surface area contributed by atoms with E-state index in [1.54, 1.807) is 0 Å². The highest BCUT2D eigenvalue weighted by Crippen LogP contribution is 2.27. The summed E-state index contributed by atoms with van der Waals surface area (Å²) in [6, 6.07) is 6.85. The summed E-state index contributed by atoms with van der Waals surface area (Å²) >= 11 is 3.62. The molecule has 16 heavy (non-hydrogen) atoms. The van der Waals surface area contributed by atoms with Crippen molar-refractivity contribution in [3.63, 3.8) is 0 Å². The van der Waals surface area contributed by atoms with Gasteiger partial charge in [-0.1, -0.05) is 46.6 Å². The van der Waals surface area contributed by atoms with Crippen LogP contribution in [-0.4, -0.2) is 6.54 Å². The highest BCUT2D eigenvalue weighted by atomic mass is 79.9. The van der Waals surface area contributed by atoms with Crippen molar-refractivity contribution in [1.82, 2.24) is 5.32 Å². The van der Waals surface area contributed by atoms with Gasteiger partial charge in [-0.2, -0.15) is 0 Å². The van der Waals surface area contributed by atoms with Crippen LogP contribution in [0.25, 0.3) is 0 Å². The van der Waals surface area contributed by atoms with Gasteiger partial charge in [-0.25, -0.2) is 0 Å². The quantitative estimate of drug-likeness (QED) is 0.764. The van der Waals surface area contributed by atoms with Gasteiger partial charge in [-0.15, -0.1) is 6.58 Å². The van der Waals surface area contributed by atoms with Gasteiger partial charge in [0.05, 0.1) is 0 Å². The zero-order chi connectivity index (χ0) is 12.0. The molecule has 0 heterocycles. The lowest BCUT2D eigenvalue weighted by molar-refractivity contribution is 0.535. The fourth-order valence-corrected chi connectivity index (χ4v) is 2.26. The van der Waals surface area contributed by atoms with Crippen molar-refractivity contribution in [3.05, 3.63) is 46.5 Å². The summed E-state index contributed by atoms with van der Waals surface area (Å²) in [7, 11) is 0. The molecule has 1 nitrogen and oxygen atoms in total. The van der Waals surface area contributed by atoms with E-state index in [1.807, 2.05) is 6.08 Å². The molecule has 2 heteroatoms. The van der Waals surface area contributed by atoms with E-state index in [1.165, 1.54) is 15.6 Å². The molecule has 0 radical (unpaired) electrons. The predicted molar refractivity (Wildman–Crippen MR) is 74.7 cm³/mol. The maximum Gasteiger partial charge on any atom is 0.0366 e. The van der Waals surface area contributed by atoms with Crippen LogP contribution in [0.4, 0.5) is 0 Å². The normalized spacial score (nSPS) is 12.4. The number of rotatable bonds is 6. The minimum absolute atomic E-state index is 0.367. The largest absolute Gasteiger partial charge is 0.310 e. The zero-order valence-electron chi connectivity index (χ0n) is 10.1. The smallest absolute Gasteiger partial charge is 0.0366 e. The Balaban J connectivity index is 2.90. The molecule has 0 aliphatic rings. The molecule has 1 aromatic rings. The van der Waals surface area contributed by atoms with Gasteiger partial charge in [0.1, 0.15) is 0 Å². The summed E-state index contributed by atoms with van der Waals surface area (Å²) in [5.74, 6) is 0. The molecule has 1 unspecified atom stereocenters. The van der Waals surface area contributed by atoms with Crippen molar-refractivity contribution in [2.45, 2.75) is 32.7 Å². The average Bonchev–Trinajstić information content (AvgIpc) is 2.28. The number of hydrogen-bond acceptors (Lipinski definition) is 1. The molecule has 1 rings (SSSR count). The summed E-state index contributed by atoms with van der Waals surface area (Å²) in [5, 5.41) is 3.55. The summed E-state index contributed by atoms with van der Waals surface area (Å²) < 4.78 is 1.17. The molecule has 0 fully saturated rings. The molecule has 1 atom stereocenters. The number of hydrogen-bond donors (Lipinski definition) is 1. The van der Waals surface area contributed by atoms with Gasteiger partial charge in [-0.3, -0.25) is 0 Å². The Morgan fingerprint density at radius 3 is 2.88 bits per heavy atom. The number of halogens is 1. The Kier molecular flexibility index (Phi) is 5.78. The molecule has 0 spiro atoms. The third-order valence-corrected chi connectivity index (χ3v) is 3.29. The van der Waals surface area contributed by atoms with Gasteiger partial charge in [0, 0.05) is 10.5 Å². The van der Waals surface area contributed by atoms with Crippen molar-refractivity contribution in [3.8, 4) is 0 Å². The Morgan fingerprint density at radius 2 is 2.25 bits per heavy atom. The zero-order valence-corrected chi connectivity index (χ0v) is 11.7. The average molecular weight is 282 g/mol. The minimum atomic E-state index is 0.367. The SMILES string of the molecule is C=CCC(NCCC)c1cc(C)ccc1Br. The molecule has 1 aromatic carbocycles. The van der Waals surface area contributed by atoms with E-state index >= 15 is 0 Å². The Morgan fingerprint density at radius 1 is 1.50 bits per heavy atom. The highest BCUT2D eigenvalue weighted by Gasteiger charge is 2.12. The Bertz CT molecular complexity index is 347. The maximum atomic E-state index is 3.83. The first-order valence-corrected chi connectivity index (χ1v) is 6.58. The fourth-order valence-electron chi connectivity index (χ4n) is 1.74. The van der Waals surface area contributed by atoms with Crippen LogP contribution in [0.5, 0.6) is 0 Å². The van der Waals surface area contributed by atoms with Gasteiger partial charge >= 0.3 is 0 Å². The minimum Gasteiger partial charge on any atom is -0.310 e. The van der Waals surface area contributed by atoms with Gasteiger partial charge in [0.15, 0.2) is 0 Å². The lowest BCUT2D eigenvalue weighted by Crippen LogP contribution is -2.22. The van der Waals surface area contributed by atoms with Gasteiger partial charge in [0.2, 0.25) is 0 Å². The first-order valence-electron chi connectivity index (χ1n) is 5.79. The van der Waals surface area contributed by atoms with Crippen LogP contribution in [0.15, 0.2) is 35.3 Å². The highest BCUT2D eigenvalue weighted by molar-refractivity contribution is 9.10. The maximum absolute atomic E-state index is 3.83. The first-order chi connectivity index (χ1) is 7.69. The summed E-state index contributed by atoms with van der Waals surface area (Å²) in [5.41, 5.74) is 2.62. The van der Waals surface area contributed by atoms with Crippen molar-refractivity contribution < 1.29 is 0 Å². The van der Waals surface area contributed by atoms with Crippen LogP contribution in [0.1, 0.15) is 36.9 Å². The molecular formula is C14H20BrN. The van der Waals surface area contributed by atoms with Crippen molar-refractivity contribution >= 4 is 15.9 Å². The lowest BCUT2D eigenvalue weighted by atomic mass is 10.0. The second-order valence-corrected chi connectivity index (χ2v) is 4.91. The Hall–Kier alpha value is -0.600. The van der Waals surface area contributed by atoms with Crippen LogP contribution < -0.4 is 5.32 Å². The molecule has 88 valence electrons.